The number of hydrogen-bond donors (Lipinski definition) is 6. The Morgan fingerprint density at radius 2 is 0.728 bits per heavy atom. The molecule has 0 spiro atoms. The Labute approximate surface area is 666 Å². The number of anilines is 2. The molecule has 28 heteroatoms. The van der Waals surface area contributed by atoms with Gasteiger partial charge in [-0.05, 0) is 138 Å². The van der Waals surface area contributed by atoms with Gasteiger partial charge >= 0.3 is 27.0 Å². The Morgan fingerprint density at radius 3 is 0.982 bits per heavy atom. The molecule has 8 bridgehead atoms. The number of rotatable bonds is 28. The molecule has 2 aliphatic heterocycles. The van der Waals surface area contributed by atoms with Crippen molar-refractivity contribution in [3.63, 3.8) is 0 Å². The molecule has 114 heavy (non-hydrogen) atoms. The highest BCUT2D eigenvalue weighted by molar-refractivity contribution is 7.47. The Morgan fingerprint density at radius 1 is 0.447 bits per heavy atom. The van der Waals surface area contributed by atoms with E-state index in [0.717, 1.165) is 75.9 Å². The molecule has 2 unspecified atom stereocenters. The monoisotopic (exact) mass is 1610 g/mol. The van der Waals surface area contributed by atoms with Gasteiger partial charge in [0.15, 0.2) is 0 Å². The molecule has 4 heterocycles. The van der Waals surface area contributed by atoms with E-state index in [-0.39, 0.29) is 63.4 Å². The lowest BCUT2D eigenvalue weighted by Crippen LogP contribution is -2.29. The van der Waals surface area contributed by atoms with E-state index in [0.29, 0.717) is 60.2 Å². The van der Waals surface area contributed by atoms with Gasteiger partial charge < -0.3 is 59.1 Å². The van der Waals surface area contributed by atoms with E-state index >= 15 is 0 Å². The molecule has 6 N–H and O–H groups in total. The first kappa shape index (κ1) is 86.1. The van der Waals surface area contributed by atoms with Gasteiger partial charge in [-0.2, -0.15) is 9.97 Å². The normalized spacial score (nSPS) is 19.0. The summed E-state index contributed by atoms with van der Waals surface area (Å²) < 4.78 is 93.7. The van der Waals surface area contributed by atoms with Gasteiger partial charge in [0.2, 0.25) is 0 Å². The fraction of sp³-hybridized carbons (Fsp3) is 0.465. The second-order valence-corrected chi connectivity index (χ2v) is 36.0. The van der Waals surface area contributed by atoms with Crippen molar-refractivity contribution in [1.29, 1.82) is 0 Å². The van der Waals surface area contributed by atoms with Gasteiger partial charge in [-0.25, -0.2) is 18.7 Å². The number of nitrogens with one attached hydrogen (secondary N) is 2. The Bertz CT molecular complexity index is 4560. The van der Waals surface area contributed by atoms with Gasteiger partial charge in [0.25, 0.3) is 11.8 Å². The molecule has 1 aliphatic carbocycles. The van der Waals surface area contributed by atoms with Crippen molar-refractivity contribution in [2.75, 3.05) is 63.5 Å². The van der Waals surface area contributed by atoms with Gasteiger partial charge in [-0.15, -0.1) is 0 Å². The van der Waals surface area contributed by atoms with Gasteiger partial charge in [0.05, 0.1) is 39.6 Å². The molecule has 8 aromatic rings. The largest absolute Gasteiger partial charge is 0.493 e. The number of aliphatic hydroxyl groups is 2. The van der Waals surface area contributed by atoms with Crippen molar-refractivity contribution < 1.29 is 85.2 Å². The Balaban J connectivity index is 0.920. The van der Waals surface area contributed by atoms with E-state index in [1.54, 1.807) is 60.7 Å². The highest BCUT2D eigenvalue weighted by Gasteiger charge is 2.44. The number of phosphoric acid groups is 2. The van der Waals surface area contributed by atoms with Crippen LogP contribution >= 0.6 is 15.6 Å². The number of amides is 2. The molecule has 2 aromatic heterocycles. The third-order valence-electron chi connectivity index (χ3n) is 20.1. The second-order valence-electron chi connectivity index (χ2n) is 33.2. The number of aromatic nitrogens is 4. The van der Waals surface area contributed by atoms with E-state index in [2.05, 4.69) is 152 Å². The van der Waals surface area contributed by atoms with Gasteiger partial charge in [-0.3, -0.25) is 36.8 Å². The van der Waals surface area contributed by atoms with Crippen LogP contribution in [-0.2, 0) is 84.0 Å². The van der Waals surface area contributed by atoms with Crippen LogP contribution in [0.25, 0.3) is 0 Å². The van der Waals surface area contributed by atoms with Crippen molar-refractivity contribution in [1.82, 2.24) is 19.1 Å². The van der Waals surface area contributed by atoms with Crippen LogP contribution in [0.2, 0.25) is 0 Å². The summed E-state index contributed by atoms with van der Waals surface area (Å²) in [7, 11) is -9.92. The van der Waals surface area contributed by atoms with Crippen molar-refractivity contribution in [2.24, 2.45) is 0 Å². The maximum Gasteiger partial charge on any atom is 0.472 e. The zero-order valence-electron chi connectivity index (χ0n) is 67.5. The van der Waals surface area contributed by atoms with E-state index in [9.17, 15) is 48.3 Å². The fourth-order valence-corrected chi connectivity index (χ4v) is 15.9. The van der Waals surface area contributed by atoms with Crippen LogP contribution in [0.5, 0.6) is 23.0 Å². The van der Waals surface area contributed by atoms with Crippen LogP contribution in [0, 0.1) is 0 Å². The molecule has 0 radical (unpaired) electrons. The average molecular weight is 1610 g/mol. The molecule has 2 amide bonds. The van der Waals surface area contributed by atoms with Crippen molar-refractivity contribution in [2.45, 2.75) is 207 Å². The third-order valence-corrected chi connectivity index (χ3v) is 22.2. The summed E-state index contributed by atoms with van der Waals surface area (Å²) in [5.74, 6) is 1.41. The lowest BCUT2D eigenvalue weighted by molar-refractivity contribution is -0.0465. The molecular weight excluding hydrogens is 1500 g/mol. The average Bonchev–Trinajstić information content (AvgIpc) is 1.28. The summed E-state index contributed by atoms with van der Waals surface area (Å²) in [6.07, 6.45) is -1.91. The van der Waals surface area contributed by atoms with Crippen molar-refractivity contribution in [3.05, 3.63) is 233 Å². The van der Waals surface area contributed by atoms with E-state index < -0.39 is 124 Å². The molecule has 2 fully saturated rings. The topological polar surface area (TPSA) is 335 Å². The van der Waals surface area contributed by atoms with E-state index in [4.69, 9.17) is 46.5 Å². The molecule has 26 nitrogen and oxygen atoms in total. The number of aliphatic hydroxyl groups excluding tert-OH is 2. The van der Waals surface area contributed by atoms with E-state index in [1.807, 2.05) is 13.8 Å². The zero-order valence-corrected chi connectivity index (χ0v) is 69.3. The zero-order chi connectivity index (χ0) is 82.2. The molecule has 3 aliphatic rings. The van der Waals surface area contributed by atoms with E-state index in [1.165, 1.54) is 24.5 Å². The standard InChI is InChI=1S/C86H108N6O20P2/c1-15-31-103-75-55-37-59-45-65(85(9,10)11)47-61(77(59)105-33-35-107-113(99,100)111-67-49-73(109-69(67)51-93)91-29-27-71(89-81(91)97)87-79(95)53-23-19-17-20-24-53)39-57-43-64(84(6,7)8)44-58(76(57)104-32-16-2)40-62-48-66(86(12,13)14)46-60(38-56(75)42-63(41-55)83(3,4)5)78(62)106-34-36-108-114(101,102)112-68-50-74(110-70(68)52-94)92-30-28-72(90-82(92)98)88-80(96)54-25-21-18-22-26-54/h17-30,41-48,67-70,73-74,93-94H,15-16,31-40,49-52H2,1-14H3,(H,99,100)(H,101,102)(H,87,89,95,97)(H,88,90,96,98)/t67-,68-,69+,70+,73+,74+/m0/s1. The second kappa shape index (κ2) is 36.2. The lowest BCUT2D eigenvalue weighted by atomic mass is 9.79. The number of hydrogen-bond acceptors (Lipinski definition) is 20. The summed E-state index contributed by atoms with van der Waals surface area (Å²) in [6.45, 7) is 28.2. The minimum Gasteiger partial charge on any atom is -0.493 e. The third kappa shape index (κ3) is 21.7. The summed E-state index contributed by atoms with van der Waals surface area (Å²) >= 11 is 0. The first-order chi connectivity index (χ1) is 53.9. The maximum atomic E-state index is 14.1. The molecule has 2 saturated heterocycles. The lowest BCUT2D eigenvalue weighted by Gasteiger charge is -2.29. The van der Waals surface area contributed by atoms with Crippen LogP contribution in [0.1, 0.15) is 223 Å². The number of fused-ring (bicyclic) bond motifs is 8. The summed E-state index contributed by atoms with van der Waals surface area (Å²) in [4.78, 5) is 83.6. The van der Waals surface area contributed by atoms with Gasteiger partial charge in [0.1, 0.15) is 84.7 Å². The predicted octanol–water partition coefficient (Wildman–Crippen LogP) is 14.5. The van der Waals surface area contributed by atoms with Crippen LogP contribution < -0.4 is 41.0 Å². The first-order valence-electron chi connectivity index (χ1n) is 38.8. The summed E-state index contributed by atoms with van der Waals surface area (Å²) in [5, 5.41) is 26.2. The Kier molecular flexibility index (Phi) is 27.4. The number of benzene rings is 6. The fourth-order valence-electron chi connectivity index (χ4n) is 14.0. The summed E-state index contributed by atoms with van der Waals surface area (Å²) in [6, 6.07) is 37.1. The highest BCUT2D eigenvalue weighted by Crippen LogP contribution is 2.51. The SMILES string of the molecule is CCCOc1c2cc(C(C)(C)C)cc1Cc1cc(C(C)(C)C)cc(c1OCCOP(=O)(O)O[C@H]1C[C@H](n3ccc(NC(=O)c4ccccc4)nc3=O)O[C@@H]1CO)Cc1cc(C(C)(C)C)cc(c1OCCC)Cc1cc(C(C)(C)C)cc(c1OCCOP(=O)(O)O[C@H]1C[C@H](n3ccc(NC(=O)c4ccccc4)nc3=O)O[C@@H]1CO)C2. The number of phosphoric ester groups is 2. The van der Waals surface area contributed by atoms with Crippen LogP contribution in [0.4, 0.5) is 11.6 Å². The molecule has 6 aromatic carbocycles. The van der Waals surface area contributed by atoms with Crippen LogP contribution in [0.15, 0.2) is 143 Å². The van der Waals surface area contributed by atoms with Crippen LogP contribution in [-0.4, -0.2) is 128 Å². The smallest absolute Gasteiger partial charge is 0.472 e. The molecule has 0 saturated carbocycles. The first-order valence-corrected chi connectivity index (χ1v) is 41.8. The number of carbonyl (C=O) groups is 2. The summed E-state index contributed by atoms with van der Waals surface area (Å²) in [5.41, 5.74) is 8.30. The molecular formula is C86H108N6O20P2. The minimum absolute atomic E-state index is 0.00262. The number of nitrogens with zero attached hydrogens (tertiary/aromatic N) is 4. The highest BCUT2D eigenvalue weighted by atomic mass is 31.2. The van der Waals surface area contributed by atoms with Gasteiger partial charge in [0, 0.05) is 62.0 Å². The number of ether oxygens (including phenoxy) is 6. The maximum absolute atomic E-state index is 14.1. The van der Waals surface area contributed by atoms with Crippen molar-refractivity contribution in [3.8, 4) is 23.0 Å². The van der Waals surface area contributed by atoms with Gasteiger partial charge in [-0.1, -0.05) is 182 Å². The predicted molar refractivity (Wildman–Crippen MR) is 433 cm³/mol. The molecule has 8 atom stereocenters. The minimum atomic E-state index is -4.96. The van der Waals surface area contributed by atoms with Crippen LogP contribution in [0.3, 0.4) is 0 Å². The van der Waals surface area contributed by atoms with Crippen molar-refractivity contribution >= 4 is 39.1 Å². The number of carbonyl (C=O) groups excluding carboxylic acids is 2. The molecule has 612 valence electrons. The Hall–Kier alpha value is -8.72. The molecule has 11 rings (SSSR count). The quantitative estimate of drug-likeness (QED) is 0.0196.